The summed E-state index contributed by atoms with van der Waals surface area (Å²) >= 11 is 0. The van der Waals surface area contributed by atoms with Gasteiger partial charge in [-0.3, -0.25) is 0 Å². The van der Waals surface area contributed by atoms with Crippen LogP contribution in [0.15, 0.2) is 0 Å². The molecule has 0 unspecified atom stereocenters. The predicted octanol–water partition coefficient (Wildman–Crippen LogP) is 1.15. The minimum absolute atomic E-state index is 0.122. The van der Waals surface area contributed by atoms with E-state index in [1.807, 2.05) is 18.7 Å². The van der Waals surface area contributed by atoms with E-state index in [1.54, 1.807) is 19.0 Å². The third-order valence-electron chi connectivity index (χ3n) is 3.13. The van der Waals surface area contributed by atoms with Gasteiger partial charge in [0.15, 0.2) is 0 Å². The van der Waals surface area contributed by atoms with Crippen molar-refractivity contribution in [3.05, 3.63) is 0 Å². The smallest absolute Gasteiger partial charge is 0.319 e. The molecule has 106 valence electrons. The summed E-state index contributed by atoms with van der Waals surface area (Å²) in [6.07, 6.45) is 2.36. The Morgan fingerprint density at radius 1 is 1.39 bits per heavy atom. The van der Waals surface area contributed by atoms with Gasteiger partial charge in [-0.15, -0.1) is 0 Å². The number of nitrogens with one attached hydrogen (secondary N) is 1. The van der Waals surface area contributed by atoms with Crippen LogP contribution < -0.4 is 5.32 Å². The number of urea groups is 1. The molecule has 1 heterocycles. The first-order valence-electron chi connectivity index (χ1n) is 6.82. The normalized spacial score (nSPS) is 17.3. The van der Waals surface area contributed by atoms with Crippen LogP contribution in [0, 0.1) is 0 Å². The maximum absolute atomic E-state index is 11.8. The standard InChI is InChI=1S/C13H27N3O2/c1-11(2)18-10-7-14-12-5-8-16(9-6-12)13(17)15(3)4/h11-12,14H,5-10H2,1-4H3. The van der Waals surface area contributed by atoms with Gasteiger partial charge in [0.2, 0.25) is 0 Å². The van der Waals surface area contributed by atoms with Crippen molar-refractivity contribution in [2.75, 3.05) is 40.3 Å². The molecule has 1 N–H and O–H groups in total. The summed E-state index contributed by atoms with van der Waals surface area (Å²) < 4.78 is 5.49. The van der Waals surface area contributed by atoms with Gasteiger partial charge in [0.25, 0.3) is 0 Å². The Morgan fingerprint density at radius 3 is 2.50 bits per heavy atom. The zero-order valence-corrected chi connectivity index (χ0v) is 12.1. The number of ether oxygens (including phenoxy) is 1. The van der Waals surface area contributed by atoms with E-state index in [1.165, 1.54) is 0 Å². The fourth-order valence-corrected chi connectivity index (χ4v) is 2.12. The zero-order valence-electron chi connectivity index (χ0n) is 12.1. The van der Waals surface area contributed by atoms with Crippen LogP contribution in [0.2, 0.25) is 0 Å². The van der Waals surface area contributed by atoms with Gasteiger partial charge in [0.1, 0.15) is 0 Å². The molecule has 0 radical (unpaired) electrons. The summed E-state index contributed by atoms with van der Waals surface area (Å²) in [6.45, 7) is 7.44. The van der Waals surface area contributed by atoms with E-state index in [2.05, 4.69) is 5.32 Å². The highest BCUT2D eigenvalue weighted by atomic mass is 16.5. The molecule has 2 amide bonds. The lowest BCUT2D eigenvalue weighted by Gasteiger charge is -2.34. The van der Waals surface area contributed by atoms with Crippen molar-refractivity contribution in [3.63, 3.8) is 0 Å². The van der Waals surface area contributed by atoms with Gasteiger partial charge in [0, 0.05) is 39.8 Å². The lowest BCUT2D eigenvalue weighted by Crippen LogP contribution is -2.48. The second-order valence-corrected chi connectivity index (χ2v) is 5.31. The Hall–Kier alpha value is -0.810. The number of carbonyl (C=O) groups is 1. The van der Waals surface area contributed by atoms with Gasteiger partial charge in [-0.25, -0.2) is 4.79 Å². The van der Waals surface area contributed by atoms with Crippen molar-refractivity contribution in [2.45, 2.75) is 38.8 Å². The largest absolute Gasteiger partial charge is 0.377 e. The molecule has 0 atom stereocenters. The van der Waals surface area contributed by atoms with Crippen LogP contribution >= 0.6 is 0 Å². The number of likely N-dealkylation sites (tertiary alicyclic amines) is 1. The molecule has 5 nitrogen and oxygen atoms in total. The maximum atomic E-state index is 11.8. The van der Waals surface area contributed by atoms with Crippen LogP contribution in [0.25, 0.3) is 0 Å². The first kappa shape index (κ1) is 15.2. The quantitative estimate of drug-likeness (QED) is 0.751. The topological polar surface area (TPSA) is 44.8 Å². The second kappa shape index (κ2) is 7.59. The van der Waals surface area contributed by atoms with E-state index in [-0.39, 0.29) is 6.03 Å². The van der Waals surface area contributed by atoms with Crippen molar-refractivity contribution in [1.82, 2.24) is 15.1 Å². The van der Waals surface area contributed by atoms with Crippen LogP contribution in [0.5, 0.6) is 0 Å². The summed E-state index contributed by atoms with van der Waals surface area (Å²) in [5.41, 5.74) is 0. The van der Waals surface area contributed by atoms with Crippen molar-refractivity contribution < 1.29 is 9.53 Å². The Labute approximate surface area is 110 Å². The molecule has 1 rings (SSSR count). The summed E-state index contributed by atoms with van der Waals surface area (Å²) in [6, 6.07) is 0.642. The summed E-state index contributed by atoms with van der Waals surface area (Å²) in [7, 11) is 3.60. The Bertz CT molecular complexity index is 249. The molecule has 0 aromatic heterocycles. The van der Waals surface area contributed by atoms with Crippen LogP contribution in [0.1, 0.15) is 26.7 Å². The molecule has 0 aromatic rings. The number of piperidine rings is 1. The van der Waals surface area contributed by atoms with E-state index in [9.17, 15) is 4.79 Å². The predicted molar refractivity (Wildman–Crippen MR) is 72.8 cm³/mol. The molecular weight excluding hydrogens is 230 g/mol. The van der Waals surface area contributed by atoms with Crippen LogP contribution in [-0.2, 0) is 4.74 Å². The SMILES string of the molecule is CC(C)OCCNC1CCN(C(=O)N(C)C)CC1. The van der Waals surface area contributed by atoms with Crippen LogP contribution in [-0.4, -0.2) is 68.3 Å². The van der Waals surface area contributed by atoms with Crippen LogP contribution in [0.3, 0.4) is 0 Å². The van der Waals surface area contributed by atoms with E-state index in [0.29, 0.717) is 12.1 Å². The van der Waals surface area contributed by atoms with E-state index >= 15 is 0 Å². The van der Waals surface area contributed by atoms with Gasteiger partial charge < -0.3 is 19.9 Å². The van der Waals surface area contributed by atoms with Gasteiger partial charge in [0.05, 0.1) is 12.7 Å². The number of carbonyl (C=O) groups excluding carboxylic acids is 1. The van der Waals surface area contributed by atoms with E-state index < -0.39 is 0 Å². The molecule has 0 bridgehead atoms. The highest BCUT2D eigenvalue weighted by Crippen LogP contribution is 2.11. The Balaban J connectivity index is 2.14. The fourth-order valence-electron chi connectivity index (χ4n) is 2.12. The van der Waals surface area contributed by atoms with Crippen molar-refractivity contribution in [3.8, 4) is 0 Å². The molecule has 1 fully saturated rings. The lowest BCUT2D eigenvalue weighted by atomic mass is 10.1. The van der Waals surface area contributed by atoms with Crippen molar-refractivity contribution >= 4 is 6.03 Å². The average molecular weight is 257 g/mol. The number of nitrogens with zero attached hydrogens (tertiary/aromatic N) is 2. The van der Waals surface area contributed by atoms with E-state index in [0.717, 1.165) is 39.1 Å². The number of hydrogen-bond acceptors (Lipinski definition) is 3. The number of amides is 2. The minimum atomic E-state index is 0.122. The van der Waals surface area contributed by atoms with Crippen LogP contribution in [0.4, 0.5) is 4.79 Å². The minimum Gasteiger partial charge on any atom is -0.377 e. The summed E-state index contributed by atoms with van der Waals surface area (Å²) in [4.78, 5) is 15.3. The lowest BCUT2D eigenvalue weighted by molar-refractivity contribution is 0.0773. The molecule has 0 saturated carbocycles. The third kappa shape index (κ3) is 5.23. The molecule has 1 aliphatic rings. The molecule has 1 saturated heterocycles. The van der Waals surface area contributed by atoms with Gasteiger partial charge >= 0.3 is 6.03 Å². The first-order chi connectivity index (χ1) is 8.50. The number of hydrogen-bond donors (Lipinski definition) is 1. The fraction of sp³-hybridized carbons (Fsp3) is 0.923. The molecule has 1 aliphatic heterocycles. The number of rotatable bonds is 5. The van der Waals surface area contributed by atoms with E-state index in [4.69, 9.17) is 4.74 Å². The molecule has 5 heteroatoms. The monoisotopic (exact) mass is 257 g/mol. The summed E-state index contributed by atoms with van der Waals surface area (Å²) in [5.74, 6) is 0. The van der Waals surface area contributed by atoms with Gasteiger partial charge in [-0.05, 0) is 26.7 Å². The molecule has 18 heavy (non-hydrogen) atoms. The molecule has 0 aromatic carbocycles. The third-order valence-corrected chi connectivity index (χ3v) is 3.13. The highest BCUT2D eigenvalue weighted by Gasteiger charge is 2.23. The Morgan fingerprint density at radius 2 is 2.00 bits per heavy atom. The van der Waals surface area contributed by atoms with Gasteiger partial charge in [-0.1, -0.05) is 0 Å². The van der Waals surface area contributed by atoms with Crippen molar-refractivity contribution in [2.24, 2.45) is 0 Å². The van der Waals surface area contributed by atoms with Crippen molar-refractivity contribution in [1.29, 1.82) is 0 Å². The average Bonchev–Trinajstić information content (AvgIpc) is 2.34. The summed E-state index contributed by atoms with van der Waals surface area (Å²) in [5, 5.41) is 3.49. The zero-order chi connectivity index (χ0) is 13.5. The maximum Gasteiger partial charge on any atom is 0.319 e. The molecular formula is C13H27N3O2. The first-order valence-corrected chi connectivity index (χ1v) is 6.82. The highest BCUT2D eigenvalue weighted by molar-refractivity contribution is 5.73. The molecule has 0 aliphatic carbocycles. The second-order valence-electron chi connectivity index (χ2n) is 5.31. The molecule has 0 spiro atoms. The Kier molecular flexibility index (Phi) is 6.43. The van der Waals surface area contributed by atoms with Gasteiger partial charge in [-0.2, -0.15) is 0 Å².